The number of carbonyl (C=O) groups excluding carboxylic acids is 1. The number of amides is 1. The fraction of sp³-hybridized carbons (Fsp3) is 0.667. The van der Waals surface area contributed by atoms with Crippen LogP contribution in [0, 0.1) is 12.3 Å². The third-order valence-corrected chi connectivity index (χ3v) is 4.98. The maximum atomic E-state index is 12.2. The number of carbonyl (C=O) groups is 1. The Morgan fingerprint density at radius 1 is 1.21 bits per heavy atom. The molecule has 3 N–H and O–H groups in total. The molecule has 2 rings (SSSR count). The average molecular weight is 389 g/mol. The van der Waals surface area contributed by atoms with E-state index in [4.69, 9.17) is 0 Å². The SMILES string of the molecule is CCNC(=O)C(C)(C)CN=C(NCC)NC1CCN(c2ccc(C)cn2)CC1. The normalized spacial score (nSPS) is 16.0. The maximum absolute atomic E-state index is 12.2. The van der Waals surface area contributed by atoms with Gasteiger partial charge in [-0.1, -0.05) is 6.07 Å². The molecule has 1 aromatic heterocycles. The van der Waals surface area contributed by atoms with Gasteiger partial charge in [-0.15, -0.1) is 0 Å². The van der Waals surface area contributed by atoms with E-state index in [2.05, 4.69) is 56.8 Å². The van der Waals surface area contributed by atoms with Crippen LogP contribution in [0.25, 0.3) is 0 Å². The maximum Gasteiger partial charge on any atom is 0.227 e. The highest BCUT2D eigenvalue weighted by Crippen LogP contribution is 2.18. The number of hydrogen-bond acceptors (Lipinski definition) is 4. The number of rotatable bonds is 7. The van der Waals surface area contributed by atoms with Crippen LogP contribution in [-0.2, 0) is 4.79 Å². The minimum atomic E-state index is -0.529. The van der Waals surface area contributed by atoms with E-state index in [1.54, 1.807) is 0 Å². The van der Waals surface area contributed by atoms with Crippen LogP contribution in [0.15, 0.2) is 23.3 Å². The van der Waals surface area contributed by atoms with Crippen molar-refractivity contribution in [1.29, 1.82) is 0 Å². The topological polar surface area (TPSA) is 81.6 Å². The van der Waals surface area contributed by atoms with Crippen molar-refractivity contribution in [2.45, 2.75) is 53.5 Å². The summed E-state index contributed by atoms with van der Waals surface area (Å²) in [6.45, 7) is 13.7. The van der Waals surface area contributed by atoms with E-state index in [1.165, 1.54) is 5.56 Å². The van der Waals surface area contributed by atoms with Crippen molar-refractivity contribution in [2.75, 3.05) is 37.6 Å². The number of hydrogen-bond donors (Lipinski definition) is 3. The molecule has 1 saturated heterocycles. The van der Waals surface area contributed by atoms with Crippen molar-refractivity contribution < 1.29 is 4.79 Å². The molecule has 0 radical (unpaired) electrons. The van der Waals surface area contributed by atoms with E-state index in [0.717, 1.165) is 44.3 Å². The molecule has 0 unspecified atom stereocenters. The largest absolute Gasteiger partial charge is 0.357 e. The molecule has 156 valence electrons. The molecule has 0 aliphatic carbocycles. The van der Waals surface area contributed by atoms with Gasteiger partial charge in [-0.05, 0) is 59.1 Å². The molecule has 2 heterocycles. The predicted molar refractivity (Wildman–Crippen MR) is 116 cm³/mol. The molecule has 0 aromatic carbocycles. The summed E-state index contributed by atoms with van der Waals surface area (Å²) in [5.74, 6) is 1.87. The number of pyridine rings is 1. The molecule has 1 aromatic rings. The van der Waals surface area contributed by atoms with Crippen molar-refractivity contribution in [3.8, 4) is 0 Å². The van der Waals surface area contributed by atoms with E-state index in [9.17, 15) is 4.79 Å². The van der Waals surface area contributed by atoms with Crippen LogP contribution in [0.5, 0.6) is 0 Å². The fourth-order valence-corrected chi connectivity index (χ4v) is 3.16. The number of aromatic nitrogens is 1. The highest BCUT2D eigenvalue weighted by atomic mass is 16.2. The number of anilines is 1. The lowest BCUT2D eigenvalue weighted by molar-refractivity contribution is -0.128. The first kappa shape index (κ1) is 22.0. The second kappa shape index (κ2) is 10.3. The average Bonchev–Trinajstić information content (AvgIpc) is 2.68. The number of nitrogens with zero attached hydrogens (tertiary/aromatic N) is 3. The Balaban J connectivity index is 1.90. The number of aryl methyl sites for hydroxylation is 1. The first-order valence-electron chi connectivity index (χ1n) is 10.4. The number of aliphatic imine (C=N–C) groups is 1. The molecule has 0 saturated carbocycles. The van der Waals surface area contributed by atoms with Crippen molar-refractivity contribution in [3.05, 3.63) is 23.9 Å². The zero-order chi connectivity index (χ0) is 20.6. The van der Waals surface area contributed by atoms with Gasteiger partial charge in [0, 0.05) is 38.4 Å². The van der Waals surface area contributed by atoms with Gasteiger partial charge in [0.25, 0.3) is 0 Å². The van der Waals surface area contributed by atoms with Gasteiger partial charge in [0.2, 0.25) is 5.91 Å². The number of nitrogens with one attached hydrogen (secondary N) is 3. The van der Waals surface area contributed by atoms with Crippen molar-refractivity contribution in [3.63, 3.8) is 0 Å². The summed E-state index contributed by atoms with van der Waals surface area (Å²) < 4.78 is 0. The molecular weight excluding hydrogens is 352 g/mol. The predicted octanol–water partition coefficient (Wildman–Crippen LogP) is 2.08. The Morgan fingerprint density at radius 2 is 1.89 bits per heavy atom. The van der Waals surface area contributed by atoms with Gasteiger partial charge >= 0.3 is 0 Å². The summed E-state index contributed by atoms with van der Waals surface area (Å²) in [7, 11) is 0. The Bertz CT molecular complexity index is 647. The zero-order valence-corrected chi connectivity index (χ0v) is 18.0. The Kier molecular flexibility index (Phi) is 8.08. The molecule has 0 bridgehead atoms. The Hall–Kier alpha value is -2.31. The lowest BCUT2D eigenvalue weighted by Crippen LogP contribution is -2.49. The molecule has 1 aliphatic heterocycles. The van der Waals surface area contributed by atoms with E-state index < -0.39 is 5.41 Å². The monoisotopic (exact) mass is 388 g/mol. The van der Waals surface area contributed by atoms with Gasteiger partial charge in [0.05, 0.1) is 12.0 Å². The lowest BCUT2D eigenvalue weighted by atomic mass is 9.92. The smallest absolute Gasteiger partial charge is 0.227 e. The molecular formula is C21H36N6O. The van der Waals surface area contributed by atoms with Gasteiger partial charge in [0.15, 0.2) is 5.96 Å². The number of guanidine groups is 1. The molecule has 1 fully saturated rings. The van der Waals surface area contributed by atoms with Crippen LogP contribution in [-0.4, -0.2) is 55.6 Å². The van der Waals surface area contributed by atoms with Crippen molar-refractivity contribution in [2.24, 2.45) is 10.4 Å². The minimum Gasteiger partial charge on any atom is -0.357 e. The molecule has 7 heteroatoms. The molecule has 1 aliphatic rings. The molecule has 28 heavy (non-hydrogen) atoms. The molecule has 7 nitrogen and oxygen atoms in total. The first-order valence-corrected chi connectivity index (χ1v) is 10.4. The second-order valence-corrected chi connectivity index (χ2v) is 8.04. The van der Waals surface area contributed by atoms with Gasteiger partial charge in [-0.25, -0.2) is 4.98 Å². The highest BCUT2D eigenvalue weighted by Gasteiger charge is 2.27. The number of piperidine rings is 1. The van der Waals surface area contributed by atoms with Crippen LogP contribution in [0.1, 0.15) is 46.1 Å². The lowest BCUT2D eigenvalue weighted by Gasteiger charge is -2.34. The van der Waals surface area contributed by atoms with Crippen LogP contribution in [0.3, 0.4) is 0 Å². The quantitative estimate of drug-likeness (QED) is 0.492. The molecule has 1 amide bonds. The second-order valence-electron chi connectivity index (χ2n) is 8.04. The first-order chi connectivity index (χ1) is 13.4. The van der Waals surface area contributed by atoms with E-state index >= 15 is 0 Å². The zero-order valence-electron chi connectivity index (χ0n) is 18.0. The molecule has 0 spiro atoms. The van der Waals surface area contributed by atoms with Gasteiger partial charge < -0.3 is 20.9 Å². The van der Waals surface area contributed by atoms with Crippen molar-refractivity contribution in [1.82, 2.24) is 20.9 Å². The van der Waals surface area contributed by atoms with Gasteiger partial charge in [-0.2, -0.15) is 0 Å². The van der Waals surface area contributed by atoms with E-state index in [-0.39, 0.29) is 5.91 Å². The summed E-state index contributed by atoms with van der Waals surface area (Å²) >= 11 is 0. The summed E-state index contributed by atoms with van der Waals surface area (Å²) in [6, 6.07) is 4.57. The summed E-state index contributed by atoms with van der Waals surface area (Å²) in [5, 5.41) is 9.73. The van der Waals surface area contributed by atoms with Crippen LogP contribution < -0.4 is 20.9 Å². The standard InChI is InChI=1S/C21H36N6O/c1-6-22-19(28)21(4,5)15-25-20(23-7-2)26-17-10-12-27(13-11-17)18-9-8-16(3)14-24-18/h8-9,14,17H,6-7,10-13,15H2,1-5H3,(H,22,28)(H2,23,25,26). The van der Waals surface area contributed by atoms with Gasteiger partial charge in [0.1, 0.15) is 5.82 Å². The summed E-state index contributed by atoms with van der Waals surface area (Å²) in [5.41, 5.74) is 0.654. The van der Waals surface area contributed by atoms with Gasteiger partial charge in [-0.3, -0.25) is 9.79 Å². The minimum absolute atomic E-state index is 0.0357. The van der Waals surface area contributed by atoms with E-state index in [0.29, 0.717) is 19.1 Å². The Labute approximate surface area is 169 Å². The third-order valence-electron chi connectivity index (χ3n) is 4.98. The third kappa shape index (κ3) is 6.39. The van der Waals surface area contributed by atoms with Crippen LogP contribution in [0.4, 0.5) is 5.82 Å². The van der Waals surface area contributed by atoms with Crippen LogP contribution >= 0.6 is 0 Å². The highest BCUT2D eigenvalue weighted by molar-refractivity contribution is 5.83. The summed E-state index contributed by atoms with van der Waals surface area (Å²) in [6.07, 6.45) is 3.98. The summed E-state index contributed by atoms with van der Waals surface area (Å²) in [4.78, 5) is 23.7. The van der Waals surface area contributed by atoms with E-state index in [1.807, 2.05) is 27.0 Å². The fourth-order valence-electron chi connectivity index (χ4n) is 3.16. The molecule has 0 atom stereocenters. The van der Waals surface area contributed by atoms with Crippen molar-refractivity contribution >= 4 is 17.7 Å². The Morgan fingerprint density at radius 3 is 2.46 bits per heavy atom. The van der Waals surface area contributed by atoms with Crippen LogP contribution in [0.2, 0.25) is 0 Å².